The van der Waals surface area contributed by atoms with Gasteiger partial charge in [-0.3, -0.25) is 0 Å². The third-order valence-electron chi connectivity index (χ3n) is 2.03. The van der Waals surface area contributed by atoms with Gasteiger partial charge in [-0.15, -0.1) is 0 Å². The molecule has 0 spiro atoms. The maximum atomic E-state index is 11.2. The van der Waals surface area contributed by atoms with E-state index in [1.165, 1.54) is 7.11 Å². The molecule has 0 amide bonds. The quantitative estimate of drug-likeness (QED) is 0.544. The second kappa shape index (κ2) is 3.43. The lowest BCUT2D eigenvalue weighted by Crippen LogP contribution is -2.23. The minimum Gasteiger partial charge on any atom is -0.465 e. The summed E-state index contributed by atoms with van der Waals surface area (Å²) >= 11 is 0. The molecule has 0 atom stereocenters. The number of allylic oxidation sites excluding steroid dienone is 1. The second-order valence-electron chi connectivity index (χ2n) is 2.77. The summed E-state index contributed by atoms with van der Waals surface area (Å²) in [5, 5.41) is 0. The molecule has 0 aliphatic carbocycles. The van der Waals surface area contributed by atoms with E-state index < -0.39 is 0 Å². The van der Waals surface area contributed by atoms with Crippen molar-refractivity contribution in [3.05, 3.63) is 23.4 Å². The normalized spacial score (nSPS) is 16.8. The van der Waals surface area contributed by atoms with Crippen molar-refractivity contribution < 1.29 is 9.53 Å². The van der Waals surface area contributed by atoms with E-state index in [0.717, 1.165) is 12.2 Å². The molecule has 0 fully saturated rings. The molecule has 1 aliphatic heterocycles. The zero-order chi connectivity index (χ0) is 9.14. The molecule has 0 unspecified atom stereocenters. The first kappa shape index (κ1) is 8.84. The number of hydrogen-bond acceptors (Lipinski definition) is 3. The van der Waals surface area contributed by atoms with E-state index in [2.05, 4.69) is 4.74 Å². The number of methoxy groups -OCH3 is 1. The summed E-state index contributed by atoms with van der Waals surface area (Å²) in [7, 11) is 3.34. The van der Waals surface area contributed by atoms with Crippen molar-refractivity contribution in [2.75, 3.05) is 20.7 Å². The average molecular weight is 167 g/mol. The molecule has 1 heterocycles. The Morgan fingerprint density at radius 3 is 2.92 bits per heavy atom. The van der Waals surface area contributed by atoms with Crippen LogP contribution >= 0.6 is 0 Å². The fourth-order valence-corrected chi connectivity index (χ4v) is 1.12. The first-order valence-electron chi connectivity index (χ1n) is 3.83. The van der Waals surface area contributed by atoms with Crippen LogP contribution in [0, 0.1) is 0 Å². The van der Waals surface area contributed by atoms with Gasteiger partial charge in [0, 0.05) is 19.3 Å². The van der Waals surface area contributed by atoms with Gasteiger partial charge >= 0.3 is 5.97 Å². The minimum absolute atomic E-state index is 0.268. The van der Waals surface area contributed by atoms with Crippen LogP contribution in [-0.2, 0) is 9.53 Å². The molecule has 1 rings (SSSR count). The van der Waals surface area contributed by atoms with Crippen molar-refractivity contribution >= 4 is 5.97 Å². The third-order valence-corrected chi connectivity index (χ3v) is 2.03. The van der Waals surface area contributed by atoms with Crippen molar-refractivity contribution in [1.29, 1.82) is 0 Å². The van der Waals surface area contributed by atoms with Crippen LogP contribution < -0.4 is 0 Å². The molecule has 1 aliphatic rings. The van der Waals surface area contributed by atoms with E-state index in [-0.39, 0.29) is 5.97 Å². The number of hydrogen-bond donors (Lipinski definition) is 0. The number of esters is 1. The first-order valence-corrected chi connectivity index (χ1v) is 3.83. The molecule has 3 nitrogen and oxygen atoms in total. The van der Waals surface area contributed by atoms with E-state index in [1.54, 1.807) is 6.08 Å². The number of carbonyl (C=O) groups is 1. The van der Waals surface area contributed by atoms with Crippen LogP contribution in [0.2, 0.25) is 0 Å². The van der Waals surface area contributed by atoms with Crippen LogP contribution in [-0.4, -0.2) is 31.6 Å². The van der Waals surface area contributed by atoms with Gasteiger partial charge in [-0.2, -0.15) is 0 Å². The summed E-state index contributed by atoms with van der Waals surface area (Å²) in [6.45, 7) is 2.77. The maximum absolute atomic E-state index is 11.2. The highest BCUT2D eigenvalue weighted by Crippen LogP contribution is 2.15. The average Bonchev–Trinajstić information content (AvgIpc) is 2.08. The predicted molar refractivity (Wildman–Crippen MR) is 46.5 cm³/mol. The van der Waals surface area contributed by atoms with Gasteiger partial charge in [-0.1, -0.05) is 6.08 Å². The highest BCUT2D eigenvalue weighted by molar-refractivity contribution is 5.92. The first-order chi connectivity index (χ1) is 5.66. The van der Waals surface area contributed by atoms with Crippen LogP contribution in [0.1, 0.15) is 6.92 Å². The summed E-state index contributed by atoms with van der Waals surface area (Å²) in [5.41, 5.74) is 1.61. The molecular formula is C9H13NO2. The molecule has 0 aromatic rings. The summed E-state index contributed by atoms with van der Waals surface area (Å²) in [6, 6.07) is 0. The second-order valence-corrected chi connectivity index (χ2v) is 2.77. The van der Waals surface area contributed by atoms with Gasteiger partial charge in [0.15, 0.2) is 0 Å². The smallest absolute Gasteiger partial charge is 0.339 e. The minimum atomic E-state index is -0.268. The maximum Gasteiger partial charge on any atom is 0.339 e. The summed E-state index contributed by atoms with van der Waals surface area (Å²) in [5.74, 6) is -0.268. The SMILES string of the molecule is COC(=O)C1=C(C)N(C)CC=C1. The Labute approximate surface area is 72.3 Å². The predicted octanol–water partition coefficient (Wildman–Crippen LogP) is 0.935. The van der Waals surface area contributed by atoms with Crippen molar-refractivity contribution in [1.82, 2.24) is 4.90 Å². The molecule has 12 heavy (non-hydrogen) atoms. The van der Waals surface area contributed by atoms with Crippen molar-refractivity contribution in [2.45, 2.75) is 6.92 Å². The lowest BCUT2D eigenvalue weighted by molar-refractivity contribution is -0.135. The van der Waals surface area contributed by atoms with Crippen LogP contribution in [0.4, 0.5) is 0 Å². The Bertz CT molecular complexity index is 253. The largest absolute Gasteiger partial charge is 0.465 e. The standard InChI is InChI=1S/C9H13NO2/c1-7-8(9(11)12-3)5-4-6-10(7)2/h4-5H,6H2,1-3H3. The fraction of sp³-hybridized carbons (Fsp3) is 0.444. The van der Waals surface area contributed by atoms with Crippen LogP contribution in [0.3, 0.4) is 0 Å². The van der Waals surface area contributed by atoms with Crippen molar-refractivity contribution in [3.63, 3.8) is 0 Å². The summed E-state index contributed by atoms with van der Waals surface area (Å²) < 4.78 is 4.63. The molecule has 0 saturated heterocycles. The van der Waals surface area contributed by atoms with E-state index in [9.17, 15) is 4.79 Å². The molecule has 3 heteroatoms. The van der Waals surface area contributed by atoms with Gasteiger partial charge in [-0.25, -0.2) is 4.79 Å². The number of ether oxygens (including phenoxy) is 1. The van der Waals surface area contributed by atoms with Gasteiger partial charge < -0.3 is 9.64 Å². The Morgan fingerprint density at radius 1 is 1.67 bits per heavy atom. The van der Waals surface area contributed by atoms with Crippen molar-refractivity contribution in [2.24, 2.45) is 0 Å². The zero-order valence-electron chi connectivity index (χ0n) is 7.63. The van der Waals surface area contributed by atoms with E-state index >= 15 is 0 Å². The lowest BCUT2D eigenvalue weighted by Gasteiger charge is -2.23. The Balaban J connectivity index is 2.93. The fourth-order valence-electron chi connectivity index (χ4n) is 1.12. The molecule has 0 aromatic carbocycles. The Morgan fingerprint density at radius 2 is 2.33 bits per heavy atom. The monoisotopic (exact) mass is 167 g/mol. The number of carbonyl (C=O) groups excluding carboxylic acids is 1. The highest BCUT2D eigenvalue weighted by atomic mass is 16.5. The Kier molecular flexibility index (Phi) is 2.53. The Hall–Kier alpha value is -1.25. The number of rotatable bonds is 1. The third kappa shape index (κ3) is 1.49. The van der Waals surface area contributed by atoms with E-state index in [0.29, 0.717) is 5.57 Å². The molecule has 0 radical (unpaired) electrons. The molecule has 0 aromatic heterocycles. The van der Waals surface area contributed by atoms with Gasteiger partial charge in [0.25, 0.3) is 0 Å². The molecule has 66 valence electrons. The van der Waals surface area contributed by atoms with Gasteiger partial charge in [0.05, 0.1) is 12.7 Å². The van der Waals surface area contributed by atoms with E-state index in [1.807, 2.05) is 24.9 Å². The summed E-state index contributed by atoms with van der Waals surface area (Å²) in [4.78, 5) is 13.2. The molecule has 0 bridgehead atoms. The van der Waals surface area contributed by atoms with Crippen molar-refractivity contribution in [3.8, 4) is 0 Å². The number of likely N-dealkylation sites (N-methyl/N-ethyl adjacent to an activating group) is 1. The molecule has 0 N–H and O–H groups in total. The molecular weight excluding hydrogens is 154 g/mol. The van der Waals surface area contributed by atoms with Gasteiger partial charge in [0.2, 0.25) is 0 Å². The topological polar surface area (TPSA) is 29.5 Å². The van der Waals surface area contributed by atoms with Gasteiger partial charge in [-0.05, 0) is 13.0 Å². The number of nitrogens with zero attached hydrogens (tertiary/aromatic N) is 1. The lowest BCUT2D eigenvalue weighted by atomic mass is 10.1. The zero-order valence-corrected chi connectivity index (χ0v) is 7.63. The highest BCUT2D eigenvalue weighted by Gasteiger charge is 2.15. The van der Waals surface area contributed by atoms with Crippen LogP contribution in [0.15, 0.2) is 23.4 Å². The van der Waals surface area contributed by atoms with Crippen LogP contribution in [0.5, 0.6) is 0 Å². The van der Waals surface area contributed by atoms with Crippen LogP contribution in [0.25, 0.3) is 0 Å². The molecule has 0 saturated carbocycles. The van der Waals surface area contributed by atoms with Gasteiger partial charge in [0.1, 0.15) is 0 Å². The van der Waals surface area contributed by atoms with E-state index in [4.69, 9.17) is 0 Å². The summed E-state index contributed by atoms with van der Waals surface area (Å²) in [6.07, 6.45) is 3.75.